The smallest absolute Gasteiger partial charge is 0.407 e. The van der Waals surface area contributed by atoms with Crippen molar-refractivity contribution in [3.8, 4) is 0 Å². The van der Waals surface area contributed by atoms with E-state index in [4.69, 9.17) is 10.8 Å². The van der Waals surface area contributed by atoms with Crippen LogP contribution in [0.5, 0.6) is 0 Å². The van der Waals surface area contributed by atoms with Gasteiger partial charge >= 0.3 is 6.09 Å². The number of likely N-dealkylation sites (N-methyl/N-ethyl adjacent to an activating group) is 1. The Bertz CT molecular complexity index is 311. The lowest BCUT2D eigenvalue weighted by Crippen LogP contribution is -2.45. The minimum atomic E-state index is -0.916. The summed E-state index contributed by atoms with van der Waals surface area (Å²) in [6.45, 7) is 6.05. The third-order valence-electron chi connectivity index (χ3n) is 2.95. The summed E-state index contributed by atoms with van der Waals surface area (Å²) in [5.41, 5.74) is 5.35. The number of amides is 2. The molecule has 1 atom stereocenters. The van der Waals surface area contributed by atoms with Gasteiger partial charge in [-0.05, 0) is 40.0 Å². The molecule has 0 bridgehead atoms. The van der Waals surface area contributed by atoms with Crippen molar-refractivity contribution in [2.24, 2.45) is 5.73 Å². The quantitative estimate of drug-likeness (QED) is 0.715. The van der Waals surface area contributed by atoms with Gasteiger partial charge in [0.2, 0.25) is 5.91 Å². The van der Waals surface area contributed by atoms with E-state index in [1.165, 1.54) is 9.80 Å². The minimum absolute atomic E-state index is 0.0917. The second-order valence-electron chi connectivity index (χ2n) is 5.94. The summed E-state index contributed by atoms with van der Waals surface area (Å²) in [4.78, 5) is 25.5. The Morgan fingerprint density at radius 3 is 2.11 bits per heavy atom. The lowest BCUT2D eigenvalue weighted by molar-refractivity contribution is -0.130. The first-order valence-electron chi connectivity index (χ1n) is 6.54. The van der Waals surface area contributed by atoms with E-state index < -0.39 is 17.7 Å². The summed E-state index contributed by atoms with van der Waals surface area (Å²) in [5.74, 6) is -0.0917. The highest BCUT2D eigenvalue weighted by Crippen LogP contribution is 2.15. The van der Waals surface area contributed by atoms with Crippen molar-refractivity contribution in [1.82, 2.24) is 9.80 Å². The number of nitrogens with two attached hydrogens (primary N) is 1. The summed E-state index contributed by atoms with van der Waals surface area (Å²) in [7, 11) is 3.35. The van der Waals surface area contributed by atoms with E-state index in [0.717, 1.165) is 6.42 Å². The Hall–Kier alpha value is -1.30. The fourth-order valence-corrected chi connectivity index (χ4v) is 1.81. The molecule has 0 heterocycles. The van der Waals surface area contributed by atoms with Crippen molar-refractivity contribution in [2.45, 2.75) is 51.6 Å². The van der Waals surface area contributed by atoms with Crippen molar-refractivity contribution in [1.29, 1.82) is 0 Å². The van der Waals surface area contributed by atoms with E-state index in [9.17, 15) is 9.59 Å². The molecule has 2 amide bonds. The number of carbonyl (C=O) groups is 2. The van der Waals surface area contributed by atoms with Gasteiger partial charge in [0.05, 0.1) is 6.04 Å². The zero-order chi connectivity index (χ0) is 15.2. The molecule has 0 aliphatic heterocycles. The van der Waals surface area contributed by atoms with E-state index in [2.05, 4.69) is 0 Å². The lowest BCUT2D eigenvalue weighted by atomic mass is 10.0. The van der Waals surface area contributed by atoms with Crippen molar-refractivity contribution in [3.63, 3.8) is 0 Å². The predicted octanol–water partition coefficient (Wildman–Crippen LogP) is 1.35. The molecular weight excluding hydrogens is 246 g/mol. The molecular formula is C13H27N3O3. The average molecular weight is 273 g/mol. The molecule has 0 fully saturated rings. The highest BCUT2D eigenvalue weighted by molar-refractivity contribution is 5.81. The lowest BCUT2D eigenvalue weighted by Gasteiger charge is -2.33. The first-order valence-corrected chi connectivity index (χ1v) is 6.54. The number of rotatable bonds is 6. The summed E-state index contributed by atoms with van der Waals surface area (Å²) in [6, 6.07) is -0.497. The topological polar surface area (TPSA) is 86.9 Å². The van der Waals surface area contributed by atoms with Gasteiger partial charge in [-0.15, -0.1) is 0 Å². The van der Waals surface area contributed by atoms with Gasteiger partial charge in [0.25, 0.3) is 0 Å². The Morgan fingerprint density at radius 2 is 1.74 bits per heavy atom. The van der Waals surface area contributed by atoms with Crippen molar-refractivity contribution in [2.75, 3.05) is 20.6 Å². The summed E-state index contributed by atoms with van der Waals surface area (Å²) >= 11 is 0. The zero-order valence-corrected chi connectivity index (χ0v) is 12.6. The van der Waals surface area contributed by atoms with Gasteiger partial charge in [-0.25, -0.2) is 4.79 Å². The van der Waals surface area contributed by atoms with Gasteiger partial charge in [0.1, 0.15) is 0 Å². The molecule has 112 valence electrons. The summed E-state index contributed by atoms with van der Waals surface area (Å²) in [5, 5.41) is 9.12. The van der Waals surface area contributed by atoms with Gasteiger partial charge in [0.15, 0.2) is 0 Å². The standard InChI is InChI=1S/C13H27N3O3/c1-13(2,3)16(12(18)19)9-7-6-8-10(14)11(17)15(4)5/h10H,6-9,14H2,1-5H3,(H,18,19)/t10-/m0/s1. The highest BCUT2D eigenvalue weighted by Gasteiger charge is 2.25. The highest BCUT2D eigenvalue weighted by atomic mass is 16.4. The van der Waals surface area contributed by atoms with E-state index in [1.54, 1.807) is 14.1 Å². The average Bonchev–Trinajstić information content (AvgIpc) is 2.24. The molecule has 0 saturated carbocycles. The van der Waals surface area contributed by atoms with Gasteiger partial charge in [-0.2, -0.15) is 0 Å². The third-order valence-corrected chi connectivity index (χ3v) is 2.95. The van der Waals surface area contributed by atoms with E-state index >= 15 is 0 Å². The van der Waals surface area contributed by atoms with Crippen LogP contribution in [-0.2, 0) is 4.79 Å². The molecule has 0 saturated heterocycles. The molecule has 6 heteroatoms. The van der Waals surface area contributed by atoms with Crippen LogP contribution in [0.4, 0.5) is 4.79 Å². The molecule has 0 aromatic heterocycles. The maximum atomic E-state index is 11.5. The fraction of sp³-hybridized carbons (Fsp3) is 0.846. The molecule has 0 unspecified atom stereocenters. The SMILES string of the molecule is CN(C)C(=O)[C@@H](N)CCCCN(C(=O)O)C(C)(C)C. The minimum Gasteiger partial charge on any atom is -0.465 e. The molecule has 6 nitrogen and oxygen atoms in total. The number of carbonyl (C=O) groups excluding carboxylic acids is 1. The zero-order valence-electron chi connectivity index (χ0n) is 12.6. The van der Waals surface area contributed by atoms with Crippen LogP contribution in [0.1, 0.15) is 40.0 Å². The monoisotopic (exact) mass is 273 g/mol. The third kappa shape index (κ3) is 6.42. The van der Waals surface area contributed by atoms with Crippen LogP contribution in [0.25, 0.3) is 0 Å². The van der Waals surface area contributed by atoms with Gasteiger partial charge in [-0.3, -0.25) is 4.79 Å². The molecule has 0 aromatic rings. The van der Waals surface area contributed by atoms with E-state index in [1.807, 2.05) is 20.8 Å². The molecule has 19 heavy (non-hydrogen) atoms. The van der Waals surface area contributed by atoms with Gasteiger partial charge < -0.3 is 20.6 Å². The van der Waals surface area contributed by atoms with Crippen molar-refractivity contribution in [3.05, 3.63) is 0 Å². The Labute approximate surface area is 115 Å². The summed E-state index contributed by atoms with van der Waals surface area (Å²) < 4.78 is 0. The van der Waals surface area contributed by atoms with Crippen LogP contribution < -0.4 is 5.73 Å². The molecule has 0 aliphatic carbocycles. The fourth-order valence-electron chi connectivity index (χ4n) is 1.81. The molecule has 0 radical (unpaired) electrons. The first kappa shape index (κ1) is 17.7. The Kier molecular flexibility index (Phi) is 6.83. The Balaban J connectivity index is 4.09. The normalized spacial score (nSPS) is 12.9. The second-order valence-corrected chi connectivity index (χ2v) is 5.94. The van der Waals surface area contributed by atoms with Crippen molar-refractivity contribution >= 4 is 12.0 Å². The maximum absolute atomic E-state index is 11.5. The molecule has 3 N–H and O–H groups in total. The van der Waals surface area contributed by atoms with Crippen molar-refractivity contribution < 1.29 is 14.7 Å². The molecule has 0 aliphatic rings. The van der Waals surface area contributed by atoms with Crippen LogP contribution in [0.2, 0.25) is 0 Å². The van der Waals surface area contributed by atoms with E-state index in [-0.39, 0.29) is 5.91 Å². The maximum Gasteiger partial charge on any atom is 0.407 e. The van der Waals surface area contributed by atoms with Gasteiger partial charge in [0, 0.05) is 26.2 Å². The summed E-state index contributed by atoms with van der Waals surface area (Å²) in [6.07, 6.45) is 1.11. The Morgan fingerprint density at radius 1 is 1.21 bits per heavy atom. The van der Waals surface area contributed by atoms with Gasteiger partial charge in [-0.1, -0.05) is 0 Å². The van der Waals surface area contributed by atoms with Crippen LogP contribution >= 0.6 is 0 Å². The van der Waals surface area contributed by atoms with Crippen LogP contribution in [0, 0.1) is 0 Å². The van der Waals surface area contributed by atoms with E-state index in [0.29, 0.717) is 19.4 Å². The molecule has 0 rings (SSSR count). The molecule has 0 aromatic carbocycles. The largest absolute Gasteiger partial charge is 0.465 e. The number of hydrogen-bond donors (Lipinski definition) is 2. The number of hydrogen-bond acceptors (Lipinski definition) is 3. The number of carboxylic acid groups (broad SMARTS) is 1. The first-order chi connectivity index (χ1) is 8.57. The van der Waals surface area contributed by atoms with Crippen LogP contribution in [0.3, 0.4) is 0 Å². The predicted molar refractivity (Wildman–Crippen MR) is 75.0 cm³/mol. The molecule has 0 spiro atoms. The van der Waals surface area contributed by atoms with Crippen LogP contribution in [-0.4, -0.2) is 59.1 Å². The number of unbranched alkanes of at least 4 members (excludes halogenated alkanes) is 1. The second kappa shape index (κ2) is 7.33. The van der Waals surface area contributed by atoms with Crippen LogP contribution in [0.15, 0.2) is 0 Å². The number of nitrogens with zero attached hydrogens (tertiary/aromatic N) is 2.